The quantitative estimate of drug-likeness (QED) is 0.564. The lowest BCUT2D eigenvalue weighted by Crippen LogP contribution is -2.34. The summed E-state index contributed by atoms with van der Waals surface area (Å²) in [5.41, 5.74) is 2.27. The molecule has 3 heterocycles. The van der Waals surface area contributed by atoms with E-state index in [1.54, 1.807) is 11.6 Å². The number of aryl methyl sites for hydroxylation is 4. The molecule has 2 N–H and O–H groups in total. The molecule has 0 radical (unpaired) electrons. The van der Waals surface area contributed by atoms with Crippen molar-refractivity contribution in [1.82, 2.24) is 34.6 Å². The molecule has 0 aliphatic heterocycles. The molecule has 0 bridgehead atoms. The Morgan fingerprint density at radius 2 is 1.83 bits per heavy atom. The standard InChI is InChI=1S/C19H24N8O2/c1-12-8-19(29)26(11-22-12)10-18(28)21-6-5-20-16-9-17(24-15(4)23-16)27-14(3)7-13(2)25-27/h7-9,11H,5-6,10H2,1-4H3,(H,21,28)(H,20,23,24). The van der Waals surface area contributed by atoms with Crippen molar-refractivity contribution in [2.45, 2.75) is 34.2 Å². The maximum Gasteiger partial charge on any atom is 0.253 e. The third-order valence-corrected chi connectivity index (χ3v) is 4.13. The Morgan fingerprint density at radius 1 is 1.03 bits per heavy atom. The lowest BCUT2D eigenvalue weighted by molar-refractivity contribution is -0.121. The van der Waals surface area contributed by atoms with Gasteiger partial charge in [-0.3, -0.25) is 14.2 Å². The van der Waals surface area contributed by atoms with Crippen molar-refractivity contribution < 1.29 is 4.79 Å². The molecule has 152 valence electrons. The van der Waals surface area contributed by atoms with Gasteiger partial charge in [0.25, 0.3) is 5.56 Å². The van der Waals surface area contributed by atoms with Crippen molar-refractivity contribution in [1.29, 1.82) is 0 Å². The first kappa shape index (κ1) is 20.2. The van der Waals surface area contributed by atoms with Crippen LogP contribution in [-0.2, 0) is 11.3 Å². The van der Waals surface area contributed by atoms with Gasteiger partial charge in [-0.05, 0) is 33.8 Å². The molecule has 0 aliphatic rings. The highest BCUT2D eigenvalue weighted by Gasteiger charge is 2.09. The molecule has 0 unspecified atom stereocenters. The lowest BCUT2D eigenvalue weighted by Gasteiger charge is -2.11. The molecule has 3 rings (SSSR count). The van der Waals surface area contributed by atoms with Crippen LogP contribution >= 0.6 is 0 Å². The highest BCUT2D eigenvalue weighted by molar-refractivity contribution is 5.75. The van der Waals surface area contributed by atoms with E-state index in [-0.39, 0.29) is 18.0 Å². The van der Waals surface area contributed by atoms with E-state index in [4.69, 9.17) is 0 Å². The van der Waals surface area contributed by atoms with Gasteiger partial charge >= 0.3 is 0 Å². The minimum Gasteiger partial charge on any atom is -0.368 e. The maximum atomic E-state index is 12.0. The van der Waals surface area contributed by atoms with E-state index in [2.05, 4.69) is 30.7 Å². The van der Waals surface area contributed by atoms with Gasteiger partial charge in [0.2, 0.25) is 5.91 Å². The average Bonchev–Trinajstić information content (AvgIpc) is 2.99. The van der Waals surface area contributed by atoms with Crippen LogP contribution in [0.15, 0.2) is 29.3 Å². The number of hydrogen-bond donors (Lipinski definition) is 2. The Kier molecular flexibility index (Phi) is 6.01. The fourth-order valence-corrected chi connectivity index (χ4v) is 2.85. The van der Waals surface area contributed by atoms with Crippen LogP contribution in [0, 0.1) is 27.7 Å². The second kappa shape index (κ2) is 8.63. The van der Waals surface area contributed by atoms with Crippen molar-refractivity contribution in [3.8, 4) is 5.82 Å². The first-order valence-corrected chi connectivity index (χ1v) is 9.25. The number of rotatable bonds is 7. The predicted molar refractivity (Wildman–Crippen MR) is 108 cm³/mol. The zero-order valence-corrected chi connectivity index (χ0v) is 16.9. The molecule has 0 fully saturated rings. The largest absolute Gasteiger partial charge is 0.368 e. The second-order valence-electron chi connectivity index (χ2n) is 6.77. The van der Waals surface area contributed by atoms with Crippen LogP contribution in [0.4, 0.5) is 5.82 Å². The predicted octanol–water partition coefficient (Wildman–Crippen LogP) is 0.681. The fourth-order valence-electron chi connectivity index (χ4n) is 2.85. The molecular weight excluding hydrogens is 372 g/mol. The summed E-state index contributed by atoms with van der Waals surface area (Å²) in [6.07, 6.45) is 1.37. The van der Waals surface area contributed by atoms with Crippen LogP contribution in [-0.4, -0.2) is 48.3 Å². The number of amides is 1. The minimum absolute atomic E-state index is 0.0686. The zero-order valence-electron chi connectivity index (χ0n) is 16.9. The van der Waals surface area contributed by atoms with Gasteiger partial charge in [0.15, 0.2) is 5.82 Å². The molecule has 10 nitrogen and oxygen atoms in total. The first-order chi connectivity index (χ1) is 13.8. The first-order valence-electron chi connectivity index (χ1n) is 9.25. The molecule has 0 saturated carbocycles. The second-order valence-corrected chi connectivity index (χ2v) is 6.77. The zero-order chi connectivity index (χ0) is 21.0. The van der Waals surface area contributed by atoms with Gasteiger partial charge in [-0.15, -0.1) is 0 Å². The van der Waals surface area contributed by atoms with Gasteiger partial charge < -0.3 is 10.6 Å². The van der Waals surface area contributed by atoms with Crippen LogP contribution in [0.5, 0.6) is 0 Å². The van der Waals surface area contributed by atoms with Crippen molar-refractivity contribution in [2.75, 3.05) is 18.4 Å². The van der Waals surface area contributed by atoms with E-state index in [0.29, 0.717) is 36.2 Å². The summed E-state index contributed by atoms with van der Waals surface area (Å²) in [6.45, 7) is 8.23. The number of anilines is 1. The van der Waals surface area contributed by atoms with Crippen molar-refractivity contribution >= 4 is 11.7 Å². The molecule has 10 heteroatoms. The van der Waals surface area contributed by atoms with E-state index in [1.165, 1.54) is 17.0 Å². The normalized spacial score (nSPS) is 10.8. The molecule has 1 amide bonds. The van der Waals surface area contributed by atoms with Crippen molar-refractivity contribution in [2.24, 2.45) is 0 Å². The van der Waals surface area contributed by atoms with Gasteiger partial charge in [-0.1, -0.05) is 0 Å². The maximum absolute atomic E-state index is 12.0. The monoisotopic (exact) mass is 396 g/mol. The van der Waals surface area contributed by atoms with Gasteiger partial charge in [-0.2, -0.15) is 5.10 Å². The highest BCUT2D eigenvalue weighted by atomic mass is 16.2. The van der Waals surface area contributed by atoms with Crippen LogP contribution in [0.25, 0.3) is 5.82 Å². The molecule has 29 heavy (non-hydrogen) atoms. The van der Waals surface area contributed by atoms with Crippen LogP contribution < -0.4 is 16.2 Å². The molecule has 3 aromatic heterocycles. The van der Waals surface area contributed by atoms with E-state index in [9.17, 15) is 9.59 Å². The van der Waals surface area contributed by atoms with E-state index in [1.807, 2.05) is 32.9 Å². The number of hydrogen-bond acceptors (Lipinski definition) is 7. The third kappa shape index (κ3) is 5.24. The molecular formula is C19H24N8O2. The Balaban J connectivity index is 1.54. The topological polar surface area (TPSA) is 120 Å². The minimum atomic E-state index is -0.262. The van der Waals surface area contributed by atoms with E-state index < -0.39 is 0 Å². The molecule has 0 atom stereocenters. The Hall–Kier alpha value is -3.56. The van der Waals surface area contributed by atoms with Crippen LogP contribution in [0.2, 0.25) is 0 Å². The Bertz CT molecular complexity index is 1090. The molecule has 0 aliphatic carbocycles. The van der Waals surface area contributed by atoms with E-state index in [0.717, 1.165) is 11.4 Å². The van der Waals surface area contributed by atoms with Crippen LogP contribution in [0.1, 0.15) is 22.9 Å². The summed E-state index contributed by atoms with van der Waals surface area (Å²) in [7, 11) is 0. The summed E-state index contributed by atoms with van der Waals surface area (Å²) in [6, 6.07) is 5.19. The van der Waals surface area contributed by atoms with Crippen molar-refractivity contribution in [3.05, 3.63) is 57.8 Å². The van der Waals surface area contributed by atoms with Crippen LogP contribution in [0.3, 0.4) is 0 Å². The lowest BCUT2D eigenvalue weighted by atomic mass is 10.4. The molecule has 0 saturated heterocycles. The SMILES string of the molecule is Cc1cc(=O)n(CC(=O)NCCNc2cc(-n3nc(C)cc3C)nc(C)n2)cn1. The molecule has 3 aromatic rings. The van der Waals surface area contributed by atoms with Gasteiger partial charge in [0.05, 0.1) is 12.0 Å². The number of carbonyl (C=O) groups excluding carboxylic acids is 1. The highest BCUT2D eigenvalue weighted by Crippen LogP contribution is 2.13. The Morgan fingerprint density at radius 3 is 2.52 bits per heavy atom. The summed E-state index contributed by atoms with van der Waals surface area (Å²) >= 11 is 0. The van der Waals surface area contributed by atoms with Gasteiger partial charge in [0, 0.05) is 36.6 Å². The summed E-state index contributed by atoms with van der Waals surface area (Å²) in [5.74, 6) is 1.68. The number of nitrogens with one attached hydrogen (secondary N) is 2. The third-order valence-electron chi connectivity index (χ3n) is 4.13. The summed E-state index contributed by atoms with van der Waals surface area (Å²) in [5, 5.41) is 10.4. The van der Waals surface area contributed by atoms with Gasteiger partial charge in [0.1, 0.15) is 18.2 Å². The van der Waals surface area contributed by atoms with Crippen molar-refractivity contribution in [3.63, 3.8) is 0 Å². The van der Waals surface area contributed by atoms with E-state index >= 15 is 0 Å². The van der Waals surface area contributed by atoms with Gasteiger partial charge in [-0.25, -0.2) is 19.6 Å². The smallest absolute Gasteiger partial charge is 0.253 e. The number of carbonyl (C=O) groups is 1. The summed E-state index contributed by atoms with van der Waals surface area (Å²) < 4.78 is 3.04. The fraction of sp³-hybridized carbons (Fsp3) is 0.368. The molecule has 0 spiro atoms. The average molecular weight is 396 g/mol. The Labute approximate surface area is 168 Å². The number of nitrogens with zero attached hydrogens (tertiary/aromatic N) is 6. The number of aromatic nitrogens is 6. The molecule has 0 aromatic carbocycles. The summed E-state index contributed by atoms with van der Waals surface area (Å²) in [4.78, 5) is 36.7.